The number of halogens is 2. The number of rotatable bonds is 3. The van der Waals surface area contributed by atoms with Crippen LogP contribution in [0.1, 0.15) is 5.56 Å². The van der Waals surface area contributed by atoms with Gasteiger partial charge in [0.2, 0.25) is 6.79 Å². The largest absolute Gasteiger partial charge is 0.454 e. The first-order valence-corrected chi connectivity index (χ1v) is 7.29. The van der Waals surface area contributed by atoms with Gasteiger partial charge in [0.15, 0.2) is 16.6 Å². The van der Waals surface area contributed by atoms with Crippen LogP contribution in [0, 0.1) is 5.82 Å². The van der Waals surface area contributed by atoms with Gasteiger partial charge in [-0.25, -0.2) is 4.39 Å². The van der Waals surface area contributed by atoms with Gasteiger partial charge in [-0.15, -0.1) is 0 Å². The molecule has 2 N–H and O–H groups in total. The van der Waals surface area contributed by atoms with Crippen molar-refractivity contribution in [3.8, 4) is 11.5 Å². The molecule has 0 unspecified atom stereocenters. The van der Waals surface area contributed by atoms with E-state index >= 15 is 0 Å². The normalized spacial score (nSPS) is 12.1. The zero-order valence-electron chi connectivity index (χ0n) is 11.4. The van der Waals surface area contributed by atoms with Crippen LogP contribution < -0.4 is 20.1 Å². The Morgan fingerprint density at radius 1 is 1.18 bits per heavy atom. The molecule has 1 heterocycles. The second kappa shape index (κ2) is 6.37. The highest BCUT2D eigenvalue weighted by atomic mass is 35.5. The summed E-state index contributed by atoms with van der Waals surface area (Å²) in [5.74, 6) is 0.981. The predicted molar refractivity (Wildman–Crippen MR) is 87.0 cm³/mol. The Labute approximate surface area is 137 Å². The maximum Gasteiger partial charge on any atom is 0.231 e. The summed E-state index contributed by atoms with van der Waals surface area (Å²) in [5.41, 5.74) is 1.25. The molecule has 0 radical (unpaired) electrons. The zero-order chi connectivity index (χ0) is 15.5. The lowest BCUT2D eigenvalue weighted by Crippen LogP contribution is -2.28. The Kier molecular flexibility index (Phi) is 4.31. The van der Waals surface area contributed by atoms with Crippen molar-refractivity contribution in [2.24, 2.45) is 0 Å². The fourth-order valence-corrected chi connectivity index (χ4v) is 2.33. The van der Waals surface area contributed by atoms with Crippen LogP contribution in [0.25, 0.3) is 0 Å². The molecular formula is C15H12ClFN2O2S. The van der Waals surface area contributed by atoms with E-state index in [2.05, 4.69) is 10.6 Å². The number of nitrogens with one attached hydrogen (secondary N) is 2. The molecule has 2 aromatic carbocycles. The van der Waals surface area contributed by atoms with E-state index in [0.29, 0.717) is 22.4 Å². The molecule has 1 aliphatic heterocycles. The maximum atomic E-state index is 13.7. The highest BCUT2D eigenvalue weighted by molar-refractivity contribution is 7.80. The average Bonchev–Trinajstić information content (AvgIpc) is 2.95. The van der Waals surface area contributed by atoms with Crippen LogP contribution in [-0.2, 0) is 6.54 Å². The molecule has 4 nitrogen and oxygen atoms in total. The summed E-state index contributed by atoms with van der Waals surface area (Å²) in [6.07, 6.45) is 0. The molecule has 0 amide bonds. The van der Waals surface area contributed by atoms with Gasteiger partial charge in [0, 0.05) is 11.6 Å². The molecule has 22 heavy (non-hydrogen) atoms. The second-order valence-corrected chi connectivity index (χ2v) is 5.46. The molecule has 0 saturated carbocycles. The first kappa shape index (κ1) is 14.9. The number of thiocarbonyl (C=S) groups is 1. The van der Waals surface area contributed by atoms with Gasteiger partial charge in [0.05, 0.1) is 5.69 Å². The monoisotopic (exact) mass is 338 g/mol. The van der Waals surface area contributed by atoms with Gasteiger partial charge in [-0.1, -0.05) is 17.7 Å². The lowest BCUT2D eigenvalue weighted by atomic mass is 10.2. The lowest BCUT2D eigenvalue weighted by molar-refractivity contribution is 0.174. The van der Waals surface area contributed by atoms with Gasteiger partial charge < -0.3 is 20.1 Å². The summed E-state index contributed by atoms with van der Waals surface area (Å²) in [6, 6.07) is 9.98. The highest BCUT2D eigenvalue weighted by Gasteiger charge is 2.13. The Hall–Kier alpha value is -2.05. The van der Waals surface area contributed by atoms with Gasteiger partial charge in [-0.2, -0.15) is 0 Å². The van der Waals surface area contributed by atoms with Crippen LogP contribution >= 0.6 is 23.8 Å². The van der Waals surface area contributed by atoms with Crippen LogP contribution in [0.2, 0.25) is 5.02 Å². The standard InChI is InChI=1S/C15H12ClFN2O2S/c16-10-2-3-12(11(17)6-10)19-15(22)18-7-9-1-4-13-14(5-9)21-8-20-13/h1-6H,7-8H2,(H2,18,19,22). The molecule has 0 bridgehead atoms. The first-order chi connectivity index (χ1) is 10.6. The van der Waals surface area contributed by atoms with E-state index in [-0.39, 0.29) is 12.5 Å². The van der Waals surface area contributed by atoms with Crippen molar-refractivity contribution >= 4 is 34.6 Å². The zero-order valence-corrected chi connectivity index (χ0v) is 12.9. The molecule has 7 heteroatoms. The predicted octanol–water partition coefficient (Wildman–Crippen LogP) is 3.69. The molecule has 0 fully saturated rings. The number of ether oxygens (including phenoxy) is 2. The molecule has 1 aliphatic rings. The van der Waals surface area contributed by atoms with Crippen molar-refractivity contribution in [2.45, 2.75) is 6.54 Å². The van der Waals surface area contributed by atoms with Gasteiger partial charge in [0.1, 0.15) is 5.82 Å². The summed E-state index contributed by atoms with van der Waals surface area (Å²) in [4.78, 5) is 0. The Morgan fingerprint density at radius 2 is 2.00 bits per heavy atom. The van der Waals surface area contributed by atoms with E-state index in [1.807, 2.05) is 18.2 Å². The molecule has 0 spiro atoms. The summed E-state index contributed by atoms with van der Waals surface area (Å²) in [5, 5.41) is 6.45. The molecule has 0 saturated heterocycles. The third-order valence-electron chi connectivity index (χ3n) is 3.07. The Balaban J connectivity index is 1.58. The van der Waals surface area contributed by atoms with Gasteiger partial charge in [0.25, 0.3) is 0 Å². The summed E-state index contributed by atoms with van der Waals surface area (Å²) in [7, 11) is 0. The molecule has 114 valence electrons. The van der Waals surface area contributed by atoms with Crippen molar-refractivity contribution in [1.82, 2.24) is 5.32 Å². The van der Waals surface area contributed by atoms with E-state index in [1.54, 1.807) is 6.07 Å². The van der Waals surface area contributed by atoms with Gasteiger partial charge in [-0.3, -0.25) is 0 Å². The minimum Gasteiger partial charge on any atom is -0.454 e. The van der Waals surface area contributed by atoms with E-state index < -0.39 is 5.82 Å². The highest BCUT2D eigenvalue weighted by Crippen LogP contribution is 2.32. The minimum atomic E-state index is -0.459. The fourth-order valence-electron chi connectivity index (χ4n) is 1.99. The van der Waals surface area contributed by atoms with E-state index in [4.69, 9.17) is 33.3 Å². The summed E-state index contributed by atoms with van der Waals surface area (Å²) in [6.45, 7) is 0.722. The van der Waals surface area contributed by atoms with Crippen LogP contribution in [0.15, 0.2) is 36.4 Å². The number of hydrogen-bond donors (Lipinski definition) is 2. The van der Waals surface area contributed by atoms with Crippen LogP contribution in [0.4, 0.5) is 10.1 Å². The molecule has 0 aromatic heterocycles. The Bertz CT molecular complexity index is 727. The van der Waals surface area contributed by atoms with E-state index in [9.17, 15) is 4.39 Å². The second-order valence-electron chi connectivity index (χ2n) is 4.62. The summed E-state index contributed by atoms with van der Waals surface area (Å²) >= 11 is 10.9. The van der Waals surface area contributed by atoms with Crippen molar-refractivity contribution in [2.75, 3.05) is 12.1 Å². The number of fused-ring (bicyclic) bond motifs is 1. The SMILES string of the molecule is Fc1cc(Cl)ccc1NC(=S)NCc1ccc2c(c1)OCO2. The molecule has 0 aliphatic carbocycles. The third kappa shape index (κ3) is 3.40. The molecule has 3 rings (SSSR count). The number of benzene rings is 2. The molecular weight excluding hydrogens is 327 g/mol. The van der Waals surface area contributed by atoms with Crippen molar-refractivity contribution in [3.63, 3.8) is 0 Å². The topological polar surface area (TPSA) is 42.5 Å². The van der Waals surface area contributed by atoms with Crippen molar-refractivity contribution < 1.29 is 13.9 Å². The smallest absolute Gasteiger partial charge is 0.231 e. The Morgan fingerprint density at radius 3 is 2.82 bits per heavy atom. The fraction of sp³-hybridized carbons (Fsp3) is 0.133. The van der Waals surface area contributed by atoms with Crippen molar-refractivity contribution in [1.29, 1.82) is 0 Å². The first-order valence-electron chi connectivity index (χ1n) is 6.50. The van der Waals surface area contributed by atoms with Crippen LogP contribution in [0.5, 0.6) is 11.5 Å². The van der Waals surface area contributed by atoms with E-state index in [1.165, 1.54) is 12.1 Å². The molecule has 0 atom stereocenters. The molecule has 2 aromatic rings. The lowest BCUT2D eigenvalue weighted by Gasteiger charge is -2.11. The summed E-state index contributed by atoms with van der Waals surface area (Å²) < 4.78 is 24.2. The minimum absolute atomic E-state index is 0.238. The van der Waals surface area contributed by atoms with Gasteiger partial charge in [-0.05, 0) is 48.1 Å². The quantitative estimate of drug-likeness (QED) is 0.835. The van der Waals surface area contributed by atoms with Gasteiger partial charge >= 0.3 is 0 Å². The van der Waals surface area contributed by atoms with Crippen LogP contribution in [0.3, 0.4) is 0 Å². The van der Waals surface area contributed by atoms with E-state index in [0.717, 1.165) is 11.3 Å². The third-order valence-corrected chi connectivity index (χ3v) is 3.55. The van der Waals surface area contributed by atoms with Crippen molar-refractivity contribution in [3.05, 3.63) is 52.8 Å². The number of hydrogen-bond acceptors (Lipinski definition) is 3. The average molecular weight is 339 g/mol. The van der Waals surface area contributed by atoms with Crippen LogP contribution in [-0.4, -0.2) is 11.9 Å². The maximum absolute atomic E-state index is 13.7. The number of anilines is 1.